The number of aryl methyl sites for hydroxylation is 1. The van der Waals surface area contributed by atoms with Crippen LogP contribution in [0.2, 0.25) is 5.02 Å². The van der Waals surface area contributed by atoms with Gasteiger partial charge < -0.3 is 29.7 Å². The standard InChI is InChI=1S/C37H41BrClN3O7/c1-21(2)17-24(20-43)42-33-35(46)41(31-22(3)11-10-14-26(31)39)16-9-5-8-15-28(44)40-19-27(23-12-6-4-7-13-23)48-36(47)29-30(34(42)45)37(33)18-25(38)32(29)49-37/h4-7,9-14,18,21,24,27,29-30,32-33,43H,8,15-17,19-20H2,1-3H3,(H,40,44)/b9-5-/t24-,27-,29-,30+,32-,33-,37+/m1/s1. The van der Waals surface area contributed by atoms with Gasteiger partial charge in [0.05, 0.1) is 35.8 Å². The smallest absolute Gasteiger partial charge is 0.313 e. The van der Waals surface area contributed by atoms with E-state index in [2.05, 4.69) is 21.2 Å². The predicted molar refractivity (Wildman–Crippen MR) is 188 cm³/mol. The average Bonchev–Trinajstić information content (AvgIpc) is 3.67. The number of aliphatic hydroxyl groups is 1. The summed E-state index contributed by atoms with van der Waals surface area (Å²) in [7, 11) is 0. The zero-order chi connectivity index (χ0) is 35.0. The monoisotopic (exact) mass is 753 g/mol. The molecule has 4 heterocycles. The second-order valence-electron chi connectivity index (χ2n) is 13.5. The number of anilines is 1. The van der Waals surface area contributed by atoms with Gasteiger partial charge in [-0.25, -0.2) is 0 Å². The van der Waals surface area contributed by atoms with Crippen molar-refractivity contribution in [1.82, 2.24) is 10.2 Å². The van der Waals surface area contributed by atoms with Crippen LogP contribution in [0.3, 0.4) is 0 Å². The first-order valence-corrected chi connectivity index (χ1v) is 17.9. The van der Waals surface area contributed by atoms with Gasteiger partial charge in [-0.1, -0.05) is 96.0 Å². The number of fused-ring (bicyclic) bond motifs is 2. The lowest BCUT2D eigenvalue weighted by Gasteiger charge is -2.39. The first-order chi connectivity index (χ1) is 23.5. The van der Waals surface area contributed by atoms with Crippen LogP contribution < -0.4 is 10.2 Å². The van der Waals surface area contributed by atoms with Crippen molar-refractivity contribution in [3.63, 3.8) is 0 Å². The Labute approximate surface area is 299 Å². The Hall–Kier alpha value is -3.51. The topological polar surface area (TPSA) is 125 Å². The van der Waals surface area contributed by atoms with E-state index < -0.39 is 59.5 Å². The molecule has 5 bridgehead atoms. The molecule has 7 atom stereocenters. The lowest BCUT2D eigenvalue weighted by atomic mass is 9.74. The first-order valence-electron chi connectivity index (χ1n) is 16.7. The molecule has 0 radical (unpaired) electrons. The summed E-state index contributed by atoms with van der Waals surface area (Å²) in [4.78, 5) is 60.2. The highest BCUT2D eigenvalue weighted by atomic mass is 79.9. The summed E-state index contributed by atoms with van der Waals surface area (Å²) in [5.74, 6) is -3.95. The van der Waals surface area contributed by atoms with Crippen LogP contribution in [0.1, 0.15) is 50.3 Å². The molecule has 0 saturated carbocycles. The third-order valence-corrected chi connectivity index (χ3v) is 10.8. The van der Waals surface area contributed by atoms with E-state index in [0.717, 1.165) is 5.56 Å². The SMILES string of the molecule is Cc1cccc(Cl)c1N1C/C=C\CCC(=O)NC[C@H](c2ccccc2)OC(=O)[C@H]2[C@@H]3O[C@@]4(C=C3Br)[C@@H]2C(=O)N([C@@H](CO)CC(C)C)[C@@H]4C1=O. The normalized spacial score (nSPS) is 30.3. The zero-order valence-corrected chi connectivity index (χ0v) is 30.0. The number of hydrogen-bond donors (Lipinski definition) is 2. The summed E-state index contributed by atoms with van der Waals surface area (Å²) >= 11 is 10.4. The number of allylic oxidation sites excluding steroid dienone is 1. The van der Waals surface area contributed by atoms with Crippen molar-refractivity contribution >= 4 is 56.9 Å². The Morgan fingerprint density at radius 3 is 2.51 bits per heavy atom. The molecule has 2 N–H and O–H groups in total. The molecule has 49 heavy (non-hydrogen) atoms. The number of esters is 1. The van der Waals surface area contributed by atoms with Crippen LogP contribution in [0.4, 0.5) is 5.69 Å². The number of carbonyl (C=O) groups is 4. The Bertz CT molecular complexity index is 1660. The number of para-hydroxylation sites is 1. The Balaban J connectivity index is 1.51. The summed E-state index contributed by atoms with van der Waals surface area (Å²) in [5, 5.41) is 14.0. The number of hydrogen-bond acceptors (Lipinski definition) is 7. The maximum atomic E-state index is 15.2. The van der Waals surface area contributed by atoms with Gasteiger partial charge in [-0.15, -0.1) is 0 Å². The molecule has 6 rings (SSSR count). The molecule has 2 fully saturated rings. The molecule has 260 valence electrons. The van der Waals surface area contributed by atoms with Crippen molar-refractivity contribution < 1.29 is 33.8 Å². The van der Waals surface area contributed by atoms with E-state index in [4.69, 9.17) is 21.1 Å². The Morgan fingerprint density at radius 1 is 1.06 bits per heavy atom. The quantitative estimate of drug-likeness (QED) is 0.314. The van der Waals surface area contributed by atoms with Crippen LogP contribution in [0.15, 0.2) is 71.2 Å². The van der Waals surface area contributed by atoms with E-state index >= 15 is 4.79 Å². The maximum absolute atomic E-state index is 15.2. The van der Waals surface area contributed by atoms with E-state index in [9.17, 15) is 19.5 Å². The molecule has 12 heteroatoms. The van der Waals surface area contributed by atoms with Gasteiger partial charge in [0.1, 0.15) is 29.8 Å². The lowest BCUT2D eigenvalue weighted by Crippen LogP contribution is -2.59. The fourth-order valence-electron chi connectivity index (χ4n) is 7.74. The predicted octanol–water partition coefficient (Wildman–Crippen LogP) is 5.01. The van der Waals surface area contributed by atoms with Gasteiger partial charge in [-0.3, -0.25) is 19.2 Å². The summed E-state index contributed by atoms with van der Waals surface area (Å²) in [6.45, 7) is 5.55. The highest BCUT2D eigenvalue weighted by molar-refractivity contribution is 9.11. The fraction of sp³-hybridized carbons (Fsp3) is 0.459. The molecular weight excluding hydrogens is 714 g/mol. The number of rotatable bonds is 6. The van der Waals surface area contributed by atoms with Gasteiger partial charge in [-0.2, -0.15) is 0 Å². The molecule has 10 nitrogen and oxygen atoms in total. The van der Waals surface area contributed by atoms with Gasteiger partial charge in [0.2, 0.25) is 11.8 Å². The molecule has 1 spiro atoms. The summed E-state index contributed by atoms with van der Waals surface area (Å²) < 4.78 is 13.3. The van der Waals surface area contributed by atoms with Crippen LogP contribution >= 0.6 is 27.5 Å². The molecule has 0 aromatic heterocycles. The number of carbonyl (C=O) groups excluding carboxylic acids is 4. The lowest BCUT2D eigenvalue weighted by molar-refractivity contribution is -0.160. The molecule has 2 aromatic rings. The first kappa shape index (κ1) is 35.3. The summed E-state index contributed by atoms with van der Waals surface area (Å²) in [6, 6.07) is 12.5. The number of ether oxygens (including phenoxy) is 2. The minimum atomic E-state index is -1.53. The maximum Gasteiger partial charge on any atom is 0.313 e. The third kappa shape index (κ3) is 6.46. The molecule has 2 aromatic carbocycles. The number of nitrogens with zero attached hydrogens (tertiary/aromatic N) is 2. The molecule has 4 aliphatic heterocycles. The van der Waals surface area contributed by atoms with E-state index in [-0.39, 0.29) is 37.9 Å². The molecule has 0 unspecified atom stereocenters. The van der Waals surface area contributed by atoms with Gasteiger partial charge in [-0.05, 0) is 49.0 Å². The van der Waals surface area contributed by atoms with E-state index in [1.807, 2.05) is 63.2 Å². The van der Waals surface area contributed by atoms with Crippen LogP contribution in [0.25, 0.3) is 0 Å². The number of likely N-dealkylation sites (tertiary alicyclic amines) is 1. The molecule has 0 aliphatic carbocycles. The number of halogens is 2. The third-order valence-electron chi connectivity index (χ3n) is 9.85. The van der Waals surface area contributed by atoms with Crippen LogP contribution in [0, 0.1) is 24.7 Å². The van der Waals surface area contributed by atoms with E-state index in [1.54, 1.807) is 24.3 Å². The van der Waals surface area contributed by atoms with Crippen molar-refractivity contribution in [3.05, 3.63) is 87.4 Å². The zero-order valence-electron chi connectivity index (χ0n) is 27.7. The van der Waals surface area contributed by atoms with Crippen LogP contribution in [-0.4, -0.2) is 77.2 Å². The van der Waals surface area contributed by atoms with Gasteiger partial charge >= 0.3 is 5.97 Å². The molecule has 4 aliphatic rings. The van der Waals surface area contributed by atoms with Gasteiger partial charge in [0.25, 0.3) is 5.91 Å². The van der Waals surface area contributed by atoms with E-state index in [1.165, 1.54) is 9.80 Å². The Kier molecular flexibility index (Phi) is 10.4. The van der Waals surface area contributed by atoms with Crippen molar-refractivity contribution in [2.24, 2.45) is 17.8 Å². The number of benzene rings is 2. The minimum absolute atomic E-state index is 0.0328. The van der Waals surface area contributed by atoms with E-state index in [0.29, 0.717) is 33.6 Å². The van der Waals surface area contributed by atoms with Crippen molar-refractivity contribution in [2.45, 2.75) is 69.9 Å². The number of aliphatic hydroxyl groups excluding tert-OH is 1. The Morgan fingerprint density at radius 2 is 1.82 bits per heavy atom. The average molecular weight is 755 g/mol. The van der Waals surface area contributed by atoms with Gasteiger partial charge in [0, 0.05) is 17.4 Å². The highest BCUT2D eigenvalue weighted by Gasteiger charge is 2.75. The van der Waals surface area contributed by atoms with Gasteiger partial charge in [0.15, 0.2) is 0 Å². The van der Waals surface area contributed by atoms with Crippen molar-refractivity contribution in [2.75, 3.05) is 24.6 Å². The second kappa shape index (κ2) is 14.4. The van der Waals surface area contributed by atoms with Crippen molar-refractivity contribution in [3.8, 4) is 0 Å². The number of cyclic esters (lactones) is 1. The molecule has 3 amide bonds. The fourth-order valence-corrected chi connectivity index (χ4v) is 8.80. The molecule has 2 saturated heterocycles. The summed E-state index contributed by atoms with van der Waals surface area (Å²) in [6.07, 6.45) is 4.66. The van der Waals surface area contributed by atoms with Crippen molar-refractivity contribution in [1.29, 1.82) is 0 Å². The summed E-state index contributed by atoms with van der Waals surface area (Å²) in [5.41, 5.74) is 0.362. The minimum Gasteiger partial charge on any atom is -0.455 e. The second-order valence-corrected chi connectivity index (χ2v) is 14.9. The largest absolute Gasteiger partial charge is 0.455 e. The van der Waals surface area contributed by atoms with Crippen LogP contribution in [0.5, 0.6) is 0 Å². The number of amides is 3. The highest BCUT2D eigenvalue weighted by Crippen LogP contribution is 2.59. The van der Waals surface area contributed by atoms with Crippen LogP contribution in [-0.2, 0) is 28.7 Å². The number of nitrogens with one attached hydrogen (secondary N) is 1. The molecular formula is C37H41BrClN3O7.